The maximum atomic E-state index is 11.8. The summed E-state index contributed by atoms with van der Waals surface area (Å²) in [6.07, 6.45) is 0.577. The first kappa shape index (κ1) is 13.3. The quantitative estimate of drug-likeness (QED) is 0.777. The van der Waals surface area contributed by atoms with Gasteiger partial charge in [-0.2, -0.15) is 11.8 Å². The van der Waals surface area contributed by atoms with Gasteiger partial charge in [-0.25, -0.2) is 0 Å². The number of hydrogen-bond acceptors (Lipinski definition) is 2. The number of aryl methyl sites for hydroxylation is 2. The fraction of sp³-hybridized carbons (Fsp3) is 0.500. The van der Waals surface area contributed by atoms with Crippen molar-refractivity contribution in [1.29, 1.82) is 0 Å². The number of rotatable bonds is 5. The molecule has 0 heterocycles. The Kier molecular flexibility index (Phi) is 5.07. The van der Waals surface area contributed by atoms with Gasteiger partial charge in [0.15, 0.2) is 0 Å². The monoisotopic (exact) mass is 236 g/mol. The van der Waals surface area contributed by atoms with Crippen LogP contribution < -0.4 is 0 Å². The fourth-order valence-corrected chi connectivity index (χ4v) is 2.14. The summed E-state index contributed by atoms with van der Waals surface area (Å²) in [5.41, 5.74) is 3.62. The van der Waals surface area contributed by atoms with Gasteiger partial charge in [-0.15, -0.1) is 0 Å². The van der Waals surface area contributed by atoms with Crippen LogP contribution in [0, 0.1) is 13.8 Å². The Bertz CT molecular complexity index is 369. The average molecular weight is 236 g/mol. The Morgan fingerprint density at radius 2 is 2.00 bits per heavy atom. The Morgan fingerprint density at radius 3 is 2.62 bits per heavy atom. The lowest BCUT2D eigenvalue weighted by molar-refractivity contribution is -0.116. The molecule has 1 nitrogen and oxygen atoms in total. The number of thioether (sulfide) groups is 1. The lowest BCUT2D eigenvalue weighted by Gasteiger charge is -2.07. The van der Waals surface area contributed by atoms with Crippen LogP contribution in [0.25, 0.3) is 0 Å². The second-order valence-corrected chi connectivity index (χ2v) is 6.07. The van der Waals surface area contributed by atoms with E-state index in [1.807, 2.05) is 0 Å². The number of ketones is 1. The van der Waals surface area contributed by atoms with E-state index in [1.165, 1.54) is 16.7 Å². The topological polar surface area (TPSA) is 17.1 Å². The zero-order chi connectivity index (χ0) is 12.1. The maximum absolute atomic E-state index is 11.8. The number of carbonyl (C=O) groups is 1. The van der Waals surface area contributed by atoms with Crippen molar-refractivity contribution in [2.24, 2.45) is 0 Å². The number of carbonyl (C=O) groups excluding carboxylic acids is 1. The van der Waals surface area contributed by atoms with E-state index >= 15 is 0 Å². The third-order valence-electron chi connectivity index (χ3n) is 2.47. The molecule has 0 radical (unpaired) electrons. The summed E-state index contributed by atoms with van der Waals surface area (Å²) in [4.78, 5) is 11.8. The molecular formula is C14H20OS. The summed E-state index contributed by atoms with van der Waals surface area (Å²) in [5.74, 6) is 0.956. The van der Waals surface area contributed by atoms with Gasteiger partial charge in [0.25, 0.3) is 0 Å². The molecule has 0 aliphatic carbocycles. The van der Waals surface area contributed by atoms with E-state index in [4.69, 9.17) is 0 Å². The largest absolute Gasteiger partial charge is 0.298 e. The van der Waals surface area contributed by atoms with Crippen LogP contribution in [0.15, 0.2) is 18.2 Å². The van der Waals surface area contributed by atoms with Crippen molar-refractivity contribution in [2.75, 3.05) is 5.75 Å². The van der Waals surface area contributed by atoms with E-state index in [-0.39, 0.29) is 0 Å². The molecule has 1 aromatic rings. The predicted octanol–water partition coefficient (Wildman–Crippen LogP) is 3.56. The first-order valence-electron chi connectivity index (χ1n) is 5.68. The van der Waals surface area contributed by atoms with Crippen molar-refractivity contribution in [3.8, 4) is 0 Å². The minimum atomic E-state index is 0.326. The zero-order valence-electron chi connectivity index (χ0n) is 10.5. The van der Waals surface area contributed by atoms with Crippen molar-refractivity contribution in [3.63, 3.8) is 0 Å². The second kappa shape index (κ2) is 6.09. The van der Waals surface area contributed by atoms with Crippen molar-refractivity contribution in [3.05, 3.63) is 34.9 Å². The number of Topliss-reactive ketones (excluding diaryl/α,β-unsaturated/α-hetero) is 1. The molecule has 0 fully saturated rings. The minimum absolute atomic E-state index is 0.326. The van der Waals surface area contributed by atoms with Gasteiger partial charge in [-0.1, -0.05) is 37.6 Å². The van der Waals surface area contributed by atoms with Crippen LogP contribution in [0.5, 0.6) is 0 Å². The Morgan fingerprint density at radius 1 is 1.31 bits per heavy atom. The van der Waals surface area contributed by atoms with Gasteiger partial charge in [0.1, 0.15) is 5.78 Å². The highest BCUT2D eigenvalue weighted by Crippen LogP contribution is 2.14. The van der Waals surface area contributed by atoms with Gasteiger partial charge in [0.2, 0.25) is 0 Å². The second-order valence-electron chi connectivity index (χ2n) is 4.51. The van der Waals surface area contributed by atoms with E-state index < -0.39 is 0 Å². The molecule has 0 atom stereocenters. The van der Waals surface area contributed by atoms with Gasteiger partial charge < -0.3 is 0 Å². The predicted molar refractivity (Wildman–Crippen MR) is 72.2 cm³/mol. The molecule has 0 spiro atoms. The normalized spacial score (nSPS) is 10.8. The minimum Gasteiger partial charge on any atom is -0.298 e. The van der Waals surface area contributed by atoms with Crippen LogP contribution in [0.4, 0.5) is 0 Å². The van der Waals surface area contributed by atoms with Gasteiger partial charge in [0.05, 0.1) is 5.75 Å². The molecule has 16 heavy (non-hydrogen) atoms. The summed E-state index contributed by atoms with van der Waals surface area (Å²) < 4.78 is 0. The van der Waals surface area contributed by atoms with Crippen LogP contribution in [0.3, 0.4) is 0 Å². The molecule has 0 aliphatic rings. The molecule has 2 heteroatoms. The summed E-state index contributed by atoms with van der Waals surface area (Å²) in [7, 11) is 0. The van der Waals surface area contributed by atoms with Crippen LogP contribution in [-0.2, 0) is 11.2 Å². The van der Waals surface area contributed by atoms with Gasteiger partial charge in [-0.05, 0) is 30.2 Å². The van der Waals surface area contributed by atoms with E-state index in [0.29, 0.717) is 23.2 Å². The summed E-state index contributed by atoms with van der Waals surface area (Å²) in [6.45, 7) is 8.37. The highest BCUT2D eigenvalue weighted by Gasteiger charge is 2.07. The first-order valence-corrected chi connectivity index (χ1v) is 6.73. The zero-order valence-corrected chi connectivity index (χ0v) is 11.4. The Hall–Kier alpha value is -0.760. The van der Waals surface area contributed by atoms with Crippen molar-refractivity contribution in [2.45, 2.75) is 39.4 Å². The molecule has 0 bridgehead atoms. The van der Waals surface area contributed by atoms with Crippen molar-refractivity contribution >= 4 is 17.5 Å². The molecule has 1 rings (SSSR count). The summed E-state index contributed by atoms with van der Waals surface area (Å²) in [5, 5.41) is 0.530. The van der Waals surface area contributed by atoms with E-state index in [1.54, 1.807) is 11.8 Å². The van der Waals surface area contributed by atoms with Gasteiger partial charge in [0, 0.05) is 6.42 Å². The standard InChI is InChI=1S/C14H20OS/c1-10(2)16-9-14(15)8-13-7-11(3)5-6-12(13)4/h5-7,10H,8-9H2,1-4H3. The molecule has 88 valence electrons. The van der Waals surface area contributed by atoms with Crippen LogP contribution in [-0.4, -0.2) is 16.8 Å². The van der Waals surface area contributed by atoms with Crippen LogP contribution in [0.2, 0.25) is 0 Å². The lowest BCUT2D eigenvalue weighted by Crippen LogP contribution is -2.08. The first-order chi connectivity index (χ1) is 7.49. The molecule has 0 unspecified atom stereocenters. The molecule has 0 saturated carbocycles. The number of hydrogen-bond donors (Lipinski definition) is 0. The number of benzene rings is 1. The molecule has 1 aromatic carbocycles. The molecule has 0 saturated heterocycles. The van der Waals surface area contributed by atoms with E-state index in [0.717, 1.165) is 0 Å². The Balaban J connectivity index is 2.59. The Labute approximate surface area is 103 Å². The summed E-state index contributed by atoms with van der Waals surface area (Å²) in [6, 6.07) is 6.30. The highest BCUT2D eigenvalue weighted by atomic mass is 32.2. The van der Waals surface area contributed by atoms with E-state index in [2.05, 4.69) is 45.9 Å². The molecular weight excluding hydrogens is 216 g/mol. The van der Waals surface area contributed by atoms with E-state index in [9.17, 15) is 4.79 Å². The third-order valence-corrected chi connectivity index (χ3v) is 3.63. The maximum Gasteiger partial charge on any atom is 0.147 e. The molecule has 0 aliphatic heterocycles. The molecule has 0 amide bonds. The third kappa shape index (κ3) is 4.40. The van der Waals surface area contributed by atoms with Crippen molar-refractivity contribution in [1.82, 2.24) is 0 Å². The fourth-order valence-electron chi connectivity index (χ4n) is 1.51. The average Bonchev–Trinajstić information content (AvgIpc) is 2.20. The SMILES string of the molecule is Cc1ccc(C)c(CC(=O)CSC(C)C)c1. The lowest BCUT2D eigenvalue weighted by atomic mass is 10.0. The highest BCUT2D eigenvalue weighted by molar-refractivity contribution is 8.00. The molecule has 0 N–H and O–H groups in total. The molecule has 0 aromatic heterocycles. The summed E-state index contributed by atoms with van der Waals surface area (Å²) >= 11 is 1.72. The van der Waals surface area contributed by atoms with Crippen LogP contribution in [0.1, 0.15) is 30.5 Å². The smallest absolute Gasteiger partial charge is 0.147 e. The van der Waals surface area contributed by atoms with Crippen molar-refractivity contribution < 1.29 is 4.79 Å². The van der Waals surface area contributed by atoms with Gasteiger partial charge in [-0.3, -0.25) is 4.79 Å². The van der Waals surface area contributed by atoms with Crippen LogP contribution >= 0.6 is 11.8 Å². The van der Waals surface area contributed by atoms with Gasteiger partial charge >= 0.3 is 0 Å².